The Morgan fingerprint density at radius 2 is 1.87 bits per heavy atom. The maximum absolute atomic E-state index is 14.8. The standard InChI is InChI=1S/C35H40FN7O3/c1-4-28-29(36)8-5-23-11-27(44)12-24(30(23)28)15-43-20-37-31-32(43)39-34(42-16-25-6-7-26(17-42)38-25)40-33(31)45-19-35(9-10-35)18-41-13-21(2)46-22(3)14-41/h1,5,8,11-12,20-22,25-26,38,44H,6-7,9-10,13-19H2,2-3H3/t21-,22+,25?,26?. The number of anilines is 1. The van der Waals surface area contributed by atoms with Gasteiger partial charge in [0.25, 0.3) is 0 Å². The van der Waals surface area contributed by atoms with Crippen molar-refractivity contribution in [1.82, 2.24) is 29.7 Å². The van der Waals surface area contributed by atoms with Gasteiger partial charge in [-0.2, -0.15) is 9.97 Å². The van der Waals surface area contributed by atoms with Crippen LogP contribution in [0.4, 0.5) is 10.3 Å². The molecular weight excluding hydrogens is 585 g/mol. The highest BCUT2D eigenvalue weighted by Gasteiger charge is 2.46. The van der Waals surface area contributed by atoms with E-state index in [4.69, 9.17) is 30.8 Å². The number of fused-ring (bicyclic) bond motifs is 4. The molecule has 2 aromatic carbocycles. The van der Waals surface area contributed by atoms with Crippen LogP contribution in [0.1, 0.15) is 50.7 Å². The number of hydrogen-bond donors (Lipinski definition) is 2. The van der Waals surface area contributed by atoms with Crippen molar-refractivity contribution in [1.29, 1.82) is 0 Å². The normalized spacial score (nSPS) is 25.7. The van der Waals surface area contributed by atoms with Crippen molar-refractivity contribution in [2.45, 2.75) is 70.4 Å². The third kappa shape index (κ3) is 5.52. The topological polar surface area (TPSA) is 101 Å². The van der Waals surface area contributed by atoms with E-state index in [-0.39, 0.29) is 35.5 Å². The second-order valence-corrected chi connectivity index (χ2v) is 13.9. The van der Waals surface area contributed by atoms with Gasteiger partial charge in [-0.1, -0.05) is 12.0 Å². The van der Waals surface area contributed by atoms with E-state index in [0.717, 1.165) is 58.4 Å². The van der Waals surface area contributed by atoms with Gasteiger partial charge in [0.2, 0.25) is 11.8 Å². The summed E-state index contributed by atoms with van der Waals surface area (Å²) in [4.78, 5) is 19.5. The zero-order valence-electron chi connectivity index (χ0n) is 26.4. The fourth-order valence-corrected chi connectivity index (χ4v) is 7.82. The van der Waals surface area contributed by atoms with Crippen LogP contribution in [0.15, 0.2) is 30.6 Å². The van der Waals surface area contributed by atoms with Crippen molar-refractivity contribution in [2.75, 3.05) is 44.2 Å². The van der Waals surface area contributed by atoms with Crippen LogP contribution in [0.3, 0.4) is 0 Å². The van der Waals surface area contributed by atoms with Crippen LogP contribution in [0.5, 0.6) is 11.6 Å². The van der Waals surface area contributed by atoms with Crippen LogP contribution in [0, 0.1) is 23.6 Å². The Hall–Kier alpha value is -3.98. The van der Waals surface area contributed by atoms with Gasteiger partial charge >= 0.3 is 0 Å². The lowest BCUT2D eigenvalue weighted by Gasteiger charge is -2.37. The zero-order valence-corrected chi connectivity index (χ0v) is 26.4. The van der Waals surface area contributed by atoms with Crippen molar-refractivity contribution in [3.63, 3.8) is 0 Å². The minimum absolute atomic E-state index is 0.0796. The average molecular weight is 626 g/mol. The average Bonchev–Trinajstić information content (AvgIpc) is 3.53. The molecule has 2 bridgehead atoms. The Balaban J connectivity index is 1.14. The Morgan fingerprint density at radius 3 is 2.59 bits per heavy atom. The van der Waals surface area contributed by atoms with E-state index < -0.39 is 5.82 Å². The molecule has 5 heterocycles. The van der Waals surface area contributed by atoms with E-state index in [1.54, 1.807) is 24.5 Å². The van der Waals surface area contributed by atoms with Crippen molar-refractivity contribution in [3.8, 4) is 24.0 Å². The summed E-state index contributed by atoms with van der Waals surface area (Å²) >= 11 is 0. The highest BCUT2D eigenvalue weighted by molar-refractivity contribution is 5.92. The van der Waals surface area contributed by atoms with Crippen LogP contribution in [0.25, 0.3) is 21.9 Å². The smallest absolute Gasteiger partial charge is 0.247 e. The molecule has 4 aromatic rings. The number of aromatic hydroxyl groups is 1. The van der Waals surface area contributed by atoms with Gasteiger partial charge in [-0.25, -0.2) is 9.37 Å². The van der Waals surface area contributed by atoms with Crippen LogP contribution < -0.4 is 15.0 Å². The number of rotatable bonds is 8. The summed E-state index contributed by atoms with van der Waals surface area (Å²) in [7, 11) is 0. The molecule has 4 fully saturated rings. The molecule has 1 aliphatic carbocycles. The predicted molar refractivity (Wildman–Crippen MR) is 174 cm³/mol. The molecule has 2 aromatic heterocycles. The van der Waals surface area contributed by atoms with Crippen molar-refractivity contribution in [2.24, 2.45) is 5.41 Å². The SMILES string of the molecule is C#Cc1c(F)ccc2cc(O)cc(Cn3cnc4c(OCC5(CN6C[C@@H](C)O[C@@H](C)C6)CC5)nc(N5CC6CCC(C5)N6)nc43)c12. The molecule has 2 unspecified atom stereocenters. The first-order chi connectivity index (χ1) is 22.3. The van der Waals surface area contributed by atoms with E-state index in [0.29, 0.717) is 58.0 Å². The number of ether oxygens (including phenoxy) is 2. The van der Waals surface area contributed by atoms with Crippen LogP contribution in [-0.4, -0.2) is 93.1 Å². The number of halogens is 1. The molecule has 0 amide bonds. The monoisotopic (exact) mass is 625 g/mol. The van der Waals surface area contributed by atoms with Gasteiger partial charge in [0, 0.05) is 55.6 Å². The van der Waals surface area contributed by atoms with Gasteiger partial charge in [0.1, 0.15) is 11.6 Å². The molecule has 240 valence electrons. The summed E-state index contributed by atoms with van der Waals surface area (Å²) in [6.45, 7) is 9.60. The first kappa shape index (κ1) is 29.4. The second kappa shape index (κ2) is 11.4. The minimum atomic E-state index is -0.471. The van der Waals surface area contributed by atoms with Gasteiger partial charge in [0.05, 0.1) is 37.3 Å². The van der Waals surface area contributed by atoms with Gasteiger partial charge in [0.15, 0.2) is 11.2 Å². The molecule has 11 heteroatoms. The number of phenolic OH excluding ortho intramolecular Hbond substituents is 1. The highest BCUT2D eigenvalue weighted by atomic mass is 19.1. The van der Waals surface area contributed by atoms with Crippen molar-refractivity contribution in [3.05, 3.63) is 47.5 Å². The molecule has 4 aliphatic rings. The third-order valence-corrected chi connectivity index (χ3v) is 10.1. The minimum Gasteiger partial charge on any atom is -0.508 e. The lowest BCUT2D eigenvalue weighted by molar-refractivity contribution is -0.0740. The molecule has 1 saturated carbocycles. The molecule has 0 radical (unpaired) electrons. The molecule has 4 atom stereocenters. The van der Waals surface area contributed by atoms with Crippen LogP contribution in [0.2, 0.25) is 0 Å². The van der Waals surface area contributed by atoms with Crippen LogP contribution in [-0.2, 0) is 11.3 Å². The fraction of sp³-hybridized carbons (Fsp3) is 0.514. The van der Waals surface area contributed by atoms with Gasteiger partial charge in [-0.05, 0) is 68.7 Å². The predicted octanol–water partition coefficient (Wildman–Crippen LogP) is 4.06. The third-order valence-electron chi connectivity index (χ3n) is 10.1. The van der Waals surface area contributed by atoms with E-state index in [1.165, 1.54) is 6.07 Å². The van der Waals surface area contributed by atoms with E-state index in [9.17, 15) is 9.50 Å². The maximum atomic E-state index is 14.8. The first-order valence-corrected chi connectivity index (χ1v) is 16.4. The molecule has 3 aliphatic heterocycles. The van der Waals surface area contributed by atoms with E-state index in [2.05, 4.69) is 34.9 Å². The summed E-state index contributed by atoms with van der Waals surface area (Å²) < 4.78 is 29.3. The number of phenols is 1. The summed E-state index contributed by atoms with van der Waals surface area (Å²) in [5, 5.41) is 15.5. The Morgan fingerprint density at radius 1 is 1.11 bits per heavy atom. The van der Waals surface area contributed by atoms with Crippen LogP contribution >= 0.6 is 0 Å². The van der Waals surface area contributed by atoms with Gasteiger partial charge in [-0.3, -0.25) is 4.90 Å². The van der Waals surface area contributed by atoms with E-state index >= 15 is 0 Å². The van der Waals surface area contributed by atoms with Gasteiger partial charge in [-0.15, -0.1) is 6.42 Å². The first-order valence-electron chi connectivity index (χ1n) is 16.4. The number of aromatic nitrogens is 4. The van der Waals surface area contributed by atoms with Crippen molar-refractivity contribution < 1.29 is 19.0 Å². The lowest BCUT2D eigenvalue weighted by Crippen LogP contribution is -2.51. The number of nitrogens with zero attached hydrogens (tertiary/aromatic N) is 6. The summed E-state index contributed by atoms with van der Waals surface area (Å²) in [6, 6.07) is 7.03. The second-order valence-electron chi connectivity index (χ2n) is 13.9. The number of hydrogen-bond acceptors (Lipinski definition) is 9. The number of piperazine rings is 1. The summed E-state index contributed by atoms with van der Waals surface area (Å²) in [6.07, 6.45) is 12.4. The Kier molecular flexibility index (Phi) is 7.27. The lowest BCUT2D eigenvalue weighted by atomic mass is 9.98. The maximum Gasteiger partial charge on any atom is 0.247 e. The van der Waals surface area contributed by atoms with E-state index in [1.807, 2.05) is 4.57 Å². The molecule has 3 saturated heterocycles. The molecule has 46 heavy (non-hydrogen) atoms. The number of benzene rings is 2. The van der Waals surface area contributed by atoms with Gasteiger partial charge < -0.3 is 29.4 Å². The molecule has 8 rings (SSSR count). The molecular formula is C35H40FN7O3. The zero-order chi connectivity index (χ0) is 31.6. The number of morpholine rings is 1. The number of terminal acetylenes is 1. The molecule has 2 N–H and O–H groups in total. The van der Waals surface area contributed by atoms with Crippen molar-refractivity contribution >= 4 is 27.9 Å². The molecule has 10 nitrogen and oxygen atoms in total. The number of nitrogens with one attached hydrogen (secondary N) is 1. The largest absolute Gasteiger partial charge is 0.508 e. The Bertz CT molecular complexity index is 1830. The highest BCUT2D eigenvalue weighted by Crippen LogP contribution is 2.47. The Labute approximate surface area is 267 Å². The number of imidazole rings is 1. The molecule has 0 spiro atoms. The fourth-order valence-electron chi connectivity index (χ4n) is 7.82. The summed E-state index contributed by atoms with van der Waals surface area (Å²) in [5.74, 6) is 3.23. The quantitative estimate of drug-likeness (QED) is 0.281. The summed E-state index contributed by atoms with van der Waals surface area (Å²) in [5.41, 5.74) is 2.14.